The van der Waals surface area contributed by atoms with Crippen LogP contribution in [0.15, 0.2) is 30.3 Å². The third-order valence-corrected chi connectivity index (χ3v) is 2.45. The lowest BCUT2D eigenvalue weighted by molar-refractivity contribution is 0.298. The first-order valence-electron chi connectivity index (χ1n) is 6.60. The van der Waals surface area contributed by atoms with E-state index in [1.165, 1.54) is 6.33 Å². The van der Waals surface area contributed by atoms with Crippen molar-refractivity contribution in [1.82, 2.24) is 9.97 Å². The quantitative estimate of drug-likeness (QED) is 0.470. The van der Waals surface area contributed by atoms with E-state index >= 15 is 0 Å². The second kappa shape index (κ2) is 8.09. The molecule has 5 heteroatoms. The smallest absolute Gasteiger partial charge is 0.229 e. The van der Waals surface area contributed by atoms with E-state index in [-0.39, 0.29) is 0 Å². The van der Waals surface area contributed by atoms with Crippen LogP contribution in [-0.4, -0.2) is 22.3 Å². The Kier molecular flexibility index (Phi) is 6.43. The Labute approximate surface area is 119 Å². The maximum absolute atomic E-state index is 7.71. The second-order valence-corrected chi connectivity index (χ2v) is 4.24. The highest BCUT2D eigenvalue weighted by atomic mass is 16.5. The standard InChI is InChI=1S/C15H21N3O2/c1-5-7-8-13(12(4)16)20-15-11(3)14(17-10-18-15)19-9-6-2/h5,7-8,10,16H,6,9H2,1-4H3/b7-5-,13-8+,16-12?. The largest absolute Gasteiger partial charge is 0.477 e. The average Bonchev–Trinajstić information content (AvgIpc) is 2.43. The van der Waals surface area contributed by atoms with Crippen molar-refractivity contribution in [3.63, 3.8) is 0 Å². The minimum absolute atomic E-state index is 0.331. The number of nitrogens with zero attached hydrogens (tertiary/aromatic N) is 2. The van der Waals surface area contributed by atoms with Gasteiger partial charge in [-0.15, -0.1) is 0 Å². The summed E-state index contributed by atoms with van der Waals surface area (Å²) in [6.07, 6.45) is 7.73. The van der Waals surface area contributed by atoms with Gasteiger partial charge in [0.05, 0.1) is 17.9 Å². The summed E-state index contributed by atoms with van der Waals surface area (Å²) in [7, 11) is 0. The van der Waals surface area contributed by atoms with E-state index in [1.54, 1.807) is 13.0 Å². The first-order chi connectivity index (χ1) is 9.60. The molecule has 0 saturated carbocycles. The predicted molar refractivity (Wildman–Crippen MR) is 79.5 cm³/mol. The number of hydrogen-bond acceptors (Lipinski definition) is 5. The molecule has 20 heavy (non-hydrogen) atoms. The van der Waals surface area contributed by atoms with E-state index in [0.717, 1.165) is 12.0 Å². The Hall–Kier alpha value is -2.17. The molecular formula is C15H21N3O2. The van der Waals surface area contributed by atoms with Gasteiger partial charge in [-0.3, -0.25) is 0 Å². The van der Waals surface area contributed by atoms with Gasteiger partial charge >= 0.3 is 0 Å². The topological polar surface area (TPSA) is 68.1 Å². The van der Waals surface area contributed by atoms with Crippen LogP contribution in [0.2, 0.25) is 0 Å². The highest BCUT2D eigenvalue weighted by Crippen LogP contribution is 2.24. The summed E-state index contributed by atoms with van der Waals surface area (Å²) < 4.78 is 11.2. The molecule has 1 aromatic heterocycles. The SMILES string of the molecule is C/C=C\C=C(\Oc1ncnc(OCCC)c1C)C(C)=N. The van der Waals surface area contributed by atoms with Crippen LogP contribution in [0, 0.1) is 12.3 Å². The molecule has 1 N–H and O–H groups in total. The van der Waals surface area contributed by atoms with Crippen molar-refractivity contribution in [1.29, 1.82) is 5.41 Å². The number of rotatable bonds is 7. The Morgan fingerprint density at radius 3 is 2.65 bits per heavy atom. The molecule has 0 aliphatic heterocycles. The Bertz CT molecular complexity index is 522. The van der Waals surface area contributed by atoms with Gasteiger partial charge in [0.1, 0.15) is 12.1 Å². The fraction of sp³-hybridized carbons (Fsp3) is 0.400. The number of hydrogen-bond donors (Lipinski definition) is 1. The molecule has 0 fully saturated rings. The molecule has 0 saturated heterocycles. The molecule has 0 spiro atoms. The Balaban J connectivity index is 2.98. The van der Waals surface area contributed by atoms with Crippen molar-refractivity contribution >= 4 is 5.71 Å². The summed E-state index contributed by atoms with van der Waals surface area (Å²) >= 11 is 0. The minimum atomic E-state index is 0.331. The summed E-state index contributed by atoms with van der Waals surface area (Å²) in [4.78, 5) is 8.19. The Morgan fingerprint density at radius 2 is 2.05 bits per heavy atom. The lowest BCUT2D eigenvalue weighted by Gasteiger charge is -2.12. The van der Waals surface area contributed by atoms with Crippen molar-refractivity contribution in [3.05, 3.63) is 35.9 Å². The summed E-state index contributed by atoms with van der Waals surface area (Å²) in [5, 5.41) is 7.71. The summed E-state index contributed by atoms with van der Waals surface area (Å²) in [5.74, 6) is 1.38. The first-order valence-corrected chi connectivity index (χ1v) is 6.60. The third kappa shape index (κ3) is 4.50. The molecule has 108 valence electrons. The van der Waals surface area contributed by atoms with Gasteiger partial charge in [-0.05, 0) is 33.3 Å². The highest BCUT2D eigenvalue weighted by molar-refractivity contribution is 5.94. The fourth-order valence-electron chi connectivity index (χ4n) is 1.39. The Morgan fingerprint density at radius 1 is 1.35 bits per heavy atom. The van der Waals surface area contributed by atoms with Crippen molar-refractivity contribution < 1.29 is 9.47 Å². The molecule has 0 aliphatic rings. The lowest BCUT2D eigenvalue weighted by atomic mass is 10.3. The lowest BCUT2D eigenvalue weighted by Crippen LogP contribution is -2.08. The van der Waals surface area contributed by atoms with Crippen molar-refractivity contribution in [2.75, 3.05) is 6.61 Å². The van der Waals surface area contributed by atoms with Crippen LogP contribution in [-0.2, 0) is 0 Å². The molecule has 0 unspecified atom stereocenters. The first kappa shape index (κ1) is 15.9. The van der Waals surface area contributed by atoms with Gasteiger partial charge in [-0.25, -0.2) is 9.97 Å². The zero-order valence-corrected chi connectivity index (χ0v) is 12.4. The molecule has 5 nitrogen and oxygen atoms in total. The summed E-state index contributed by atoms with van der Waals surface area (Å²) in [6.45, 7) is 8.04. The van der Waals surface area contributed by atoms with Gasteiger partial charge < -0.3 is 14.9 Å². The summed E-state index contributed by atoms with van der Waals surface area (Å²) in [6, 6.07) is 0. The second-order valence-electron chi connectivity index (χ2n) is 4.24. The van der Waals surface area contributed by atoms with Crippen LogP contribution >= 0.6 is 0 Å². The average molecular weight is 275 g/mol. The third-order valence-electron chi connectivity index (χ3n) is 2.45. The zero-order valence-electron chi connectivity index (χ0n) is 12.4. The molecule has 1 heterocycles. The van der Waals surface area contributed by atoms with Crippen LogP contribution in [0.25, 0.3) is 0 Å². The predicted octanol–water partition coefficient (Wildman–Crippen LogP) is 3.45. The van der Waals surface area contributed by atoms with Crippen LogP contribution in [0.3, 0.4) is 0 Å². The van der Waals surface area contributed by atoms with Crippen LogP contribution in [0.5, 0.6) is 11.8 Å². The van der Waals surface area contributed by atoms with Crippen LogP contribution in [0.1, 0.15) is 32.8 Å². The highest BCUT2D eigenvalue weighted by Gasteiger charge is 2.12. The normalized spacial score (nSPS) is 11.7. The van der Waals surface area contributed by atoms with E-state index in [9.17, 15) is 0 Å². The number of ether oxygens (including phenoxy) is 2. The summed E-state index contributed by atoms with van der Waals surface area (Å²) in [5.41, 5.74) is 1.06. The van der Waals surface area contributed by atoms with Crippen LogP contribution in [0.4, 0.5) is 0 Å². The molecule has 0 bridgehead atoms. The monoisotopic (exact) mass is 275 g/mol. The van der Waals surface area contributed by atoms with Gasteiger partial charge in [-0.2, -0.15) is 0 Å². The zero-order chi connectivity index (χ0) is 15.0. The number of allylic oxidation sites excluding steroid dienone is 4. The van der Waals surface area contributed by atoms with E-state index < -0.39 is 0 Å². The maximum Gasteiger partial charge on any atom is 0.229 e. The molecule has 0 radical (unpaired) electrons. The van der Waals surface area contributed by atoms with Gasteiger partial charge in [0.2, 0.25) is 11.8 Å². The van der Waals surface area contributed by atoms with Crippen LogP contribution < -0.4 is 9.47 Å². The fourth-order valence-corrected chi connectivity index (χ4v) is 1.39. The minimum Gasteiger partial charge on any atom is -0.477 e. The molecule has 0 amide bonds. The van der Waals surface area contributed by atoms with Gasteiger partial charge in [-0.1, -0.05) is 19.1 Å². The molecule has 1 aromatic rings. The van der Waals surface area contributed by atoms with Gasteiger partial charge in [0.25, 0.3) is 0 Å². The molecule has 0 atom stereocenters. The van der Waals surface area contributed by atoms with E-state index in [0.29, 0.717) is 29.8 Å². The van der Waals surface area contributed by atoms with Crippen molar-refractivity contribution in [2.24, 2.45) is 0 Å². The maximum atomic E-state index is 7.71. The molecule has 1 rings (SSSR count). The molecule has 0 aromatic carbocycles. The van der Waals surface area contributed by atoms with E-state index in [1.807, 2.05) is 32.9 Å². The van der Waals surface area contributed by atoms with E-state index in [2.05, 4.69) is 9.97 Å². The number of nitrogens with one attached hydrogen (secondary N) is 1. The van der Waals surface area contributed by atoms with Crippen molar-refractivity contribution in [3.8, 4) is 11.8 Å². The van der Waals surface area contributed by atoms with Crippen molar-refractivity contribution in [2.45, 2.75) is 34.1 Å². The van der Waals surface area contributed by atoms with Gasteiger partial charge in [0.15, 0.2) is 0 Å². The molecular weight excluding hydrogens is 254 g/mol. The van der Waals surface area contributed by atoms with E-state index in [4.69, 9.17) is 14.9 Å². The van der Waals surface area contributed by atoms with Gasteiger partial charge in [0, 0.05) is 0 Å². The number of aromatic nitrogens is 2. The molecule has 0 aliphatic carbocycles.